The highest BCUT2D eigenvalue weighted by molar-refractivity contribution is 5.40. The number of nitrogens with two attached hydrogens (primary N) is 1. The van der Waals surface area contributed by atoms with E-state index in [1.807, 2.05) is 13.1 Å². The molecule has 4 nitrogen and oxygen atoms in total. The first-order valence-electron chi connectivity index (χ1n) is 6.67. The summed E-state index contributed by atoms with van der Waals surface area (Å²) in [5.74, 6) is 1.05. The summed E-state index contributed by atoms with van der Waals surface area (Å²) in [5.41, 5.74) is 6.99. The van der Waals surface area contributed by atoms with Crippen LogP contribution >= 0.6 is 0 Å². The van der Waals surface area contributed by atoms with E-state index in [9.17, 15) is 0 Å². The van der Waals surface area contributed by atoms with E-state index in [1.54, 1.807) is 7.11 Å². The van der Waals surface area contributed by atoms with Gasteiger partial charge in [0, 0.05) is 32.4 Å². The Morgan fingerprint density at radius 2 is 2.39 bits per heavy atom. The van der Waals surface area contributed by atoms with Crippen LogP contribution in [0.15, 0.2) is 18.3 Å². The molecular weight excluding hydrogens is 226 g/mol. The Kier molecular flexibility index (Phi) is 4.55. The van der Waals surface area contributed by atoms with E-state index >= 15 is 0 Å². The van der Waals surface area contributed by atoms with Crippen LogP contribution in [0.5, 0.6) is 0 Å². The number of hydrogen-bond donors (Lipinski definition) is 1. The molecule has 1 aliphatic rings. The van der Waals surface area contributed by atoms with Crippen LogP contribution in [0.4, 0.5) is 5.82 Å². The Labute approximate surface area is 109 Å². The highest BCUT2D eigenvalue weighted by Gasteiger charge is 2.20. The van der Waals surface area contributed by atoms with E-state index in [0.29, 0.717) is 6.10 Å². The second-order valence-electron chi connectivity index (χ2n) is 5.15. The van der Waals surface area contributed by atoms with Gasteiger partial charge in [-0.3, -0.25) is 0 Å². The molecule has 2 unspecified atom stereocenters. The number of ether oxygens (including phenoxy) is 1. The zero-order chi connectivity index (χ0) is 13.0. The number of piperidine rings is 1. The monoisotopic (exact) mass is 249 g/mol. The normalized spacial score (nSPS) is 21.9. The van der Waals surface area contributed by atoms with Gasteiger partial charge in [-0.15, -0.1) is 0 Å². The molecule has 1 aromatic rings. The van der Waals surface area contributed by atoms with Gasteiger partial charge in [0.15, 0.2) is 0 Å². The predicted octanol–water partition coefficient (Wildman–Crippen LogP) is 1.59. The first-order valence-corrected chi connectivity index (χ1v) is 6.67. The molecular formula is C14H23N3O. The minimum absolute atomic E-state index is 0.186. The Balaban J connectivity index is 2.00. The summed E-state index contributed by atoms with van der Waals surface area (Å²) < 4.78 is 5.43. The van der Waals surface area contributed by atoms with Crippen LogP contribution in [0.2, 0.25) is 0 Å². The summed E-state index contributed by atoms with van der Waals surface area (Å²) in [6.45, 7) is 4.03. The van der Waals surface area contributed by atoms with Crippen molar-refractivity contribution in [2.75, 3.05) is 25.1 Å². The number of anilines is 1. The van der Waals surface area contributed by atoms with Crippen LogP contribution in [0, 0.1) is 0 Å². The lowest BCUT2D eigenvalue weighted by Gasteiger charge is -2.32. The molecule has 1 fully saturated rings. The van der Waals surface area contributed by atoms with Crippen molar-refractivity contribution < 1.29 is 4.74 Å². The summed E-state index contributed by atoms with van der Waals surface area (Å²) in [6.07, 6.45) is 5.48. The quantitative estimate of drug-likeness (QED) is 0.880. The molecule has 0 bridgehead atoms. The van der Waals surface area contributed by atoms with Crippen molar-refractivity contribution >= 4 is 5.82 Å². The minimum atomic E-state index is 0.186. The molecule has 0 aliphatic carbocycles. The second kappa shape index (κ2) is 6.16. The maximum absolute atomic E-state index is 5.79. The van der Waals surface area contributed by atoms with Crippen LogP contribution in [0.1, 0.15) is 25.3 Å². The third-order valence-electron chi connectivity index (χ3n) is 3.40. The van der Waals surface area contributed by atoms with Gasteiger partial charge in [-0.2, -0.15) is 0 Å². The first-order chi connectivity index (χ1) is 8.69. The van der Waals surface area contributed by atoms with Crippen LogP contribution < -0.4 is 10.6 Å². The van der Waals surface area contributed by atoms with Crippen molar-refractivity contribution in [3.63, 3.8) is 0 Å². The van der Waals surface area contributed by atoms with Crippen molar-refractivity contribution in [2.45, 2.75) is 38.3 Å². The van der Waals surface area contributed by atoms with Crippen LogP contribution in [0.3, 0.4) is 0 Å². The highest BCUT2D eigenvalue weighted by atomic mass is 16.5. The number of hydrogen-bond acceptors (Lipinski definition) is 4. The fourth-order valence-electron chi connectivity index (χ4n) is 2.43. The van der Waals surface area contributed by atoms with E-state index in [2.05, 4.69) is 22.0 Å². The van der Waals surface area contributed by atoms with Crippen molar-refractivity contribution in [2.24, 2.45) is 5.73 Å². The Hall–Kier alpha value is -1.13. The van der Waals surface area contributed by atoms with E-state index in [4.69, 9.17) is 10.5 Å². The fourth-order valence-corrected chi connectivity index (χ4v) is 2.43. The maximum atomic E-state index is 5.79. The van der Waals surface area contributed by atoms with Crippen molar-refractivity contribution in [1.82, 2.24) is 4.98 Å². The largest absolute Gasteiger partial charge is 0.380 e. The molecule has 2 N–H and O–H groups in total. The Bertz CT molecular complexity index is 364. The van der Waals surface area contributed by atoms with Gasteiger partial charge in [0.1, 0.15) is 5.82 Å². The molecule has 18 heavy (non-hydrogen) atoms. The van der Waals surface area contributed by atoms with Crippen molar-refractivity contribution in [1.29, 1.82) is 0 Å². The molecule has 2 atom stereocenters. The number of rotatable bonds is 4. The summed E-state index contributed by atoms with van der Waals surface area (Å²) in [6, 6.07) is 4.41. The topological polar surface area (TPSA) is 51.4 Å². The molecule has 1 aliphatic heterocycles. The van der Waals surface area contributed by atoms with E-state index in [1.165, 1.54) is 12.0 Å². The molecule has 0 aromatic carbocycles. The zero-order valence-electron chi connectivity index (χ0n) is 11.3. The maximum Gasteiger partial charge on any atom is 0.128 e. The van der Waals surface area contributed by atoms with Gasteiger partial charge in [0.05, 0.1) is 6.10 Å². The first kappa shape index (κ1) is 13.3. The van der Waals surface area contributed by atoms with Crippen LogP contribution in [0.25, 0.3) is 0 Å². The minimum Gasteiger partial charge on any atom is -0.380 e. The van der Waals surface area contributed by atoms with E-state index in [0.717, 1.165) is 31.7 Å². The highest BCUT2D eigenvalue weighted by Crippen LogP contribution is 2.19. The summed E-state index contributed by atoms with van der Waals surface area (Å²) in [4.78, 5) is 6.84. The van der Waals surface area contributed by atoms with Gasteiger partial charge in [0.2, 0.25) is 0 Å². The molecule has 0 spiro atoms. The van der Waals surface area contributed by atoms with Crippen LogP contribution in [-0.2, 0) is 11.2 Å². The molecule has 0 saturated carbocycles. The van der Waals surface area contributed by atoms with E-state index in [-0.39, 0.29) is 6.04 Å². The van der Waals surface area contributed by atoms with Gasteiger partial charge < -0.3 is 15.4 Å². The second-order valence-corrected chi connectivity index (χ2v) is 5.15. The third kappa shape index (κ3) is 3.43. The molecule has 1 saturated heterocycles. The average Bonchev–Trinajstić information content (AvgIpc) is 2.39. The predicted molar refractivity (Wildman–Crippen MR) is 73.8 cm³/mol. The molecule has 2 rings (SSSR count). The number of nitrogens with zero attached hydrogens (tertiary/aromatic N) is 2. The SMILES string of the molecule is COC1CCCN(c2ccc(CC(C)N)cn2)C1. The molecule has 1 aromatic heterocycles. The van der Waals surface area contributed by atoms with E-state index < -0.39 is 0 Å². The third-order valence-corrected chi connectivity index (χ3v) is 3.40. The smallest absolute Gasteiger partial charge is 0.128 e. The van der Waals surface area contributed by atoms with Gasteiger partial charge in [0.25, 0.3) is 0 Å². The molecule has 0 amide bonds. The molecule has 2 heterocycles. The summed E-state index contributed by atoms with van der Waals surface area (Å²) in [5, 5.41) is 0. The summed E-state index contributed by atoms with van der Waals surface area (Å²) >= 11 is 0. The van der Waals surface area contributed by atoms with Crippen molar-refractivity contribution in [3.05, 3.63) is 23.9 Å². The zero-order valence-corrected chi connectivity index (χ0v) is 11.3. The number of aromatic nitrogens is 1. The van der Waals surface area contributed by atoms with Gasteiger partial charge >= 0.3 is 0 Å². The lowest BCUT2D eigenvalue weighted by atomic mass is 10.1. The fraction of sp³-hybridized carbons (Fsp3) is 0.643. The Morgan fingerprint density at radius 1 is 1.56 bits per heavy atom. The molecule has 100 valence electrons. The number of pyridine rings is 1. The standard InChI is InChI=1S/C14H23N3O/c1-11(15)8-12-5-6-14(16-9-12)17-7-3-4-13(10-17)18-2/h5-6,9,11,13H,3-4,7-8,10,15H2,1-2H3. The van der Waals surface area contributed by atoms with Gasteiger partial charge in [-0.25, -0.2) is 4.98 Å². The molecule has 0 radical (unpaired) electrons. The van der Waals surface area contributed by atoms with Crippen molar-refractivity contribution in [3.8, 4) is 0 Å². The molecule has 4 heteroatoms. The average molecular weight is 249 g/mol. The van der Waals surface area contributed by atoms with Gasteiger partial charge in [-0.1, -0.05) is 6.07 Å². The van der Waals surface area contributed by atoms with Gasteiger partial charge in [-0.05, 0) is 37.8 Å². The lowest BCUT2D eigenvalue weighted by molar-refractivity contribution is 0.0891. The lowest BCUT2D eigenvalue weighted by Crippen LogP contribution is -2.39. The number of methoxy groups -OCH3 is 1. The summed E-state index contributed by atoms with van der Waals surface area (Å²) in [7, 11) is 1.79. The van der Waals surface area contributed by atoms with Crippen LogP contribution in [-0.4, -0.2) is 37.3 Å². The Morgan fingerprint density at radius 3 is 3.00 bits per heavy atom.